The molecule has 1 fully saturated rings. The van der Waals surface area contributed by atoms with Crippen LogP contribution in [0.15, 0.2) is 35.7 Å². The van der Waals surface area contributed by atoms with Crippen molar-refractivity contribution in [1.29, 1.82) is 0 Å². The molecule has 1 aliphatic heterocycles. The zero-order chi connectivity index (χ0) is 13.9. The van der Waals surface area contributed by atoms with Crippen molar-refractivity contribution < 1.29 is 4.79 Å². The Morgan fingerprint density at radius 1 is 1.25 bits per heavy atom. The van der Waals surface area contributed by atoms with E-state index in [-0.39, 0.29) is 6.03 Å². The number of rotatable bonds is 4. The fourth-order valence-corrected chi connectivity index (χ4v) is 3.16. The predicted octanol–water partition coefficient (Wildman–Crippen LogP) is 2.94. The van der Waals surface area contributed by atoms with Gasteiger partial charge >= 0.3 is 6.03 Å². The molecule has 0 aliphatic carbocycles. The van der Waals surface area contributed by atoms with Crippen LogP contribution in [0.3, 0.4) is 0 Å². The fourth-order valence-electron chi connectivity index (χ4n) is 2.34. The summed E-state index contributed by atoms with van der Waals surface area (Å²) in [5.41, 5.74) is 2.24. The van der Waals surface area contributed by atoms with Gasteiger partial charge in [0.25, 0.3) is 0 Å². The molecule has 0 radical (unpaired) electrons. The lowest BCUT2D eigenvalue weighted by Gasteiger charge is -2.16. The molecule has 104 valence electrons. The first-order chi connectivity index (χ1) is 9.74. The Balaban J connectivity index is 1.61. The lowest BCUT2D eigenvalue weighted by Crippen LogP contribution is -2.33. The van der Waals surface area contributed by atoms with Crippen molar-refractivity contribution in [2.45, 2.75) is 13.3 Å². The lowest BCUT2D eigenvalue weighted by atomic mass is 10.1. The molecule has 2 amide bonds. The van der Waals surface area contributed by atoms with Crippen LogP contribution < -0.4 is 4.90 Å². The van der Waals surface area contributed by atoms with E-state index in [1.807, 2.05) is 35.4 Å². The van der Waals surface area contributed by atoms with Gasteiger partial charge in [-0.2, -0.15) is 0 Å². The van der Waals surface area contributed by atoms with Crippen molar-refractivity contribution >= 4 is 22.5 Å². The third kappa shape index (κ3) is 2.67. The van der Waals surface area contributed by atoms with Crippen LogP contribution in [0.5, 0.6) is 0 Å². The molecule has 3 rings (SSSR count). The molecule has 2 aromatic rings. The standard InChI is InChI=1S/C15H17N3OS/c1-12-11-20-14(16-12)18-10-9-17(15(18)19)8-7-13-5-3-2-4-6-13/h2-6,11H,7-10H2,1H3. The number of anilines is 1. The molecule has 0 spiro atoms. The zero-order valence-corrected chi connectivity index (χ0v) is 12.3. The molecule has 1 saturated heterocycles. The van der Waals surface area contributed by atoms with E-state index in [0.29, 0.717) is 0 Å². The number of carbonyl (C=O) groups excluding carboxylic acids is 1. The van der Waals surface area contributed by atoms with Gasteiger partial charge < -0.3 is 4.90 Å². The van der Waals surface area contributed by atoms with E-state index in [1.165, 1.54) is 16.9 Å². The van der Waals surface area contributed by atoms with E-state index in [2.05, 4.69) is 17.1 Å². The molecule has 4 nitrogen and oxygen atoms in total. The second kappa shape index (κ2) is 5.63. The minimum Gasteiger partial charge on any atom is -0.322 e. The van der Waals surface area contributed by atoms with E-state index >= 15 is 0 Å². The Labute approximate surface area is 122 Å². The van der Waals surface area contributed by atoms with E-state index in [1.54, 1.807) is 4.90 Å². The lowest BCUT2D eigenvalue weighted by molar-refractivity contribution is 0.221. The van der Waals surface area contributed by atoms with Crippen molar-refractivity contribution in [3.63, 3.8) is 0 Å². The van der Waals surface area contributed by atoms with Crippen LogP contribution in [0, 0.1) is 6.92 Å². The highest BCUT2D eigenvalue weighted by Crippen LogP contribution is 2.24. The summed E-state index contributed by atoms with van der Waals surface area (Å²) in [5, 5.41) is 2.80. The van der Waals surface area contributed by atoms with Crippen LogP contribution >= 0.6 is 11.3 Å². The molecule has 5 heteroatoms. The van der Waals surface area contributed by atoms with E-state index in [4.69, 9.17) is 0 Å². The molecule has 20 heavy (non-hydrogen) atoms. The maximum atomic E-state index is 12.4. The monoisotopic (exact) mass is 287 g/mol. The Morgan fingerprint density at radius 3 is 2.75 bits per heavy atom. The number of aryl methyl sites for hydroxylation is 1. The fraction of sp³-hybridized carbons (Fsp3) is 0.333. The Morgan fingerprint density at radius 2 is 2.05 bits per heavy atom. The summed E-state index contributed by atoms with van der Waals surface area (Å²) in [7, 11) is 0. The number of hydrogen-bond donors (Lipinski definition) is 0. The normalized spacial score (nSPS) is 15.2. The average molecular weight is 287 g/mol. The number of carbonyl (C=O) groups is 1. The minimum atomic E-state index is 0.0790. The molecule has 0 bridgehead atoms. The SMILES string of the molecule is Cc1csc(N2CCN(CCc3ccccc3)C2=O)n1. The third-order valence-corrected chi connectivity index (χ3v) is 4.43. The van der Waals surface area contributed by atoms with E-state index in [9.17, 15) is 4.79 Å². The maximum Gasteiger partial charge on any atom is 0.326 e. The van der Waals surface area contributed by atoms with Gasteiger partial charge in [-0.05, 0) is 18.9 Å². The summed E-state index contributed by atoms with van der Waals surface area (Å²) in [6.45, 7) is 4.24. The number of benzene rings is 1. The second-order valence-electron chi connectivity index (χ2n) is 4.93. The summed E-state index contributed by atoms with van der Waals surface area (Å²) in [4.78, 5) is 20.4. The Kier molecular flexibility index (Phi) is 3.69. The van der Waals surface area contributed by atoms with Crippen molar-refractivity contribution in [2.75, 3.05) is 24.5 Å². The highest BCUT2D eigenvalue weighted by molar-refractivity contribution is 7.14. The van der Waals surface area contributed by atoms with Gasteiger partial charge in [0.1, 0.15) is 0 Å². The number of amides is 2. The summed E-state index contributed by atoms with van der Waals surface area (Å²) in [5.74, 6) is 0. The molecule has 1 aromatic heterocycles. The number of nitrogens with zero attached hydrogens (tertiary/aromatic N) is 3. The molecule has 0 atom stereocenters. The molecular weight excluding hydrogens is 270 g/mol. The summed E-state index contributed by atoms with van der Waals surface area (Å²) in [6, 6.07) is 10.4. The molecule has 0 saturated carbocycles. The summed E-state index contributed by atoms with van der Waals surface area (Å²) in [6.07, 6.45) is 0.900. The van der Waals surface area contributed by atoms with Gasteiger partial charge in [0.05, 0.1) is 5.69 Å². The topological polar surface area (TPSA) is 36.4 Å². The van der Waals surface area contributed by atoms with Gasteiger partial charge in [0, 0.05) is 25.0 Å². The van der Waals surface area contributed by atoms with Gasteiger partial charge in [0.2, 0.25) is 0 Å². The molecule has 1 aromatic carbocycles. The van der Waals surface area contributed by atoms with Crippen molar-refractivity contribution in [2.24, 2.45) is 0 Å². The third-order valence-electron chi connectivity index (χ3n) is 3.45. The average Bonchev–Trinajstić information content (AvgIpc) is 3.04. The molecule has 0 N–H and O–H groups in total. The first-order valence-electron chi connectivity index (χ1n) is 6.76. The highest BCUT2D eigenvalue weighted by atomic mass is 32.1. The Bertz CT molecular complexity index is 596. The minimum absolute atomic E-state index is 0.0790. The van der Waals surface area contributed by atoms with Gasteiger partial charge in [-0.25, -0.2) is 9.78 Å². The molecule has 0 unspecified atom stereocenters. The smallest absolute Gasteiger partial charge is 0.322 e. The van der Waals surface area contributed by atoms with Crippen molar-refractivity contribution in [3.05, 3.63) is 47.0 Å². The van der Waals surface area contributed by atoms with Gasteiger partial charge in [-0.3, -0.25) is 4.90 Å². The number of thiazole rings is 1. The largest absolute Gasteiger partial charge is 0.326 e. The molecule has 2 heterocycles. The first kappa shape index (κ1) is 13.1. The predicted molar refractivity (Wildman–Crippen MR) is 81.3 cm³/mol. The first-order valence-corrected chi connectivity index (χ1v) is 7.64. The Hall–Kier alpha value is -1.88. The number of urea groups is 1. The van der Waals surface area contributed by atoms with Crippen LogP contribution in [0.2, 0.25) is 0 Å². The summed E-state index contributed by atoms with van der Waals surface area (Å²) < 4.78 is 0. The number of hydrogen-bond acceptors (Lipinski definition) is 3. The van der Waals surface area contributed by atoms with Crippen LogP contribution in [-0.2, 0) is 6.42 Å². The van der Waals surface area contributed by atoms with Gasteiger partial charge in [-0.1, -0.05) is 30.3 Å². The zero-order valence-electron chi connectivity index (χ0n) is 11.5. The van der Waals surface area contributed by atoms with Gasteiger partial charge in [-0.15, -0.1) is 11.3 Å². The van der Waals surface area contributed by atoms with E-state index in [0.717, 1.165) is 36.9 Å². The highest BCUT2D eigenvalue weighted by Gasteiger charge is 2.30. The van der Waals surface area contributed by atoms with Crippen LogP contribution in [0.4, 0.5) is 9.93 Å². The quantitative estimate of drug-likeness (QED) is 0.867. The number of aromatic nitrogens is 1. The second-order valence-corrected chi connectivity index (χ2v) is 5.76. The maximum absolute atomic E-state index is 12.4. The van der Waals surface area contributed by atoms with Crippen LogP contribution in [-0.4, -0.2) is 35.5 Å². The van der Waals surface area contributed by atoms with Crippen molar-refractivity contribution in [1.82, 2.24) is 9.88 Å². The van der Waals surface area contributed by atoms with E-state index < -0.39 is 0 Å². The van der Waals surface area contributed by atoms with Crippen LogP contribution in [0.25, 0.3) is 0 Å². The summed E-state index contributed by atoms with van der Waals surface area (Å²) >= 11 is 1.53. The molecule has 1 aliphatic rings. The van der Waals surface area contributed by atoms with Gasteiger partial charge in [0.15, 0.2) is 5.13 Å². The van der Waals surface area contributed by atoms with Crippen LogP contribution in [0.1, 0.15) is 11.3 Å². The van der Waals surface area contributed by atoms with Crippen molar-refractivity contribution in [3.8, 4) is 0 Å². The molecular formula is C15H17N3OS.